The van der Waals surface area contributed by atoms with Gasteiger partial charge in [0.1, 0.15) is 0 Å². The molecule has 1 aliphatic carbocycles. The molecule has 106 valence electrons. The van der Waals surface area contributed by atoms with Gasteiger partial charge in [-0.25, -0.2) is 4.39 Å². The van der Waals surface area contributed by atoms with Gasteiger partial charge in [-0.15, -0.1) is 0 Å². The van der Waals surface area contributed by atoms with Crippen LogP contribution in [-0.4, -0.2) is 20.2 Å². The molecule has 1 saturated carbocycles. The first-order chi connectivity index (χ1) is 9.15. The number of hydrogen-bond donors (Lipinski definition) is 2. The molecule has 1 unspecified atom stereocenters. The van der Waals surface area contributed by atoms with Crippen molar-refractivity contribution < 1.29 is 9.13 Å². The molecule has 0 heterocycles. The van der Waals surface area contributed by atoms with Gasteiger partial charge in [0.2, 0.25) is 0 Å². The van der Waals surface area contributed by atoms with Gasteiger partial charge in [0, 0.05) is 12.1 Å². The topological polar surface area (TPSA) is 47.3 Å². The van der Waals surface area contributed by atoms with Gasteiger partial charge in [-0.1, -0.05) is 6.07 Å². The second kappa shape index (κ2) is 6.35. The fourth-order valence-corrected chi connectivity index (χ4v) is 3.03. The number of nitrogens with one attached hydrogen (secondary N) is 1. The fourth-order valence-electron chi connectivity index (χ4n) is 3.03. The molecule has 1 aliphatic rings. The van der Waals surface area contributed by atoms with Crippen molar-refractivity contribution in [2.24, 2.45) is 11.7 Å². The Kier molecular flexibility index (Phi) is 4.77. The summed E-state index contributed by atoms with van der Waals surface area (Å²) < 4.78 is 18.8. The number of hydrogen-bond acceptors (Lipinski definition) is 3. The standard InChI is InChI=1S/C15H23FN2O/c1-18-15(10-3-6-12(17)7-4-10)11-5-8-14(19-2)13(16)9-11/h5,8-10,12,15,18H,3-4,6-7,17H2,1-2H3. The third kappa shape index (κ3) is 3.25. The van der Waals surface area contributed by atoms with Gasteiger partial charge in [-0.3, -0.25) is 0 Å². The van der Waals surface area contributed by atoms with E-state index in [1.165, 1.54) is 7.11 Å². The molecule has 1 fully saturated rings. The Morgan fingerprint density at radius 2 is 2.00 bits per heavy atom. The number of nitrogens with two attached hydrogens (primary N) is 1. The van der Waals surface area contributed by atoms with Gasteiger partial charge in [0.25, 0.3) is 0 Å². The van der Waals surface area contributed by atoms with Crippen molar-refractivity contribution in [1.29, 1.82) is 0 Å². The molecule has 0 bridgehead atoms. The van der Waals surface area contributed by atoms with Crippen LogP contribution < -0.4 is 15.8 Å². The SMILES string of the molecule is CNC(c1ccc(OC)c(F)c1)C1CCC(N)CC1. The lowest BCUT2D eigenvalue weighted by Gasteiger charge is -2.32. The van der Waals surface area contributed by atoms with Crippen LogP contribution in [0.1, 0.15) is 37.3 Å². The number of ether oxygens (including phenoxy) is 1. The first kappa shape index (κ1) is 14.3. The molecule has 4 heteroatoms. The molecule has 0 amide bonds. The minimum Gasteiger partial charge on any atom is -0.494 e. The first-order valence-electron chi connectivity index (χ1n) is 6.92. The minimum absolute atomic E-state index is 0.188. The van der Waals surface area contributed by atoms with Crippen molar-refractivity contribution in [3.63, 3.8) is 0 Å². The number of rotatable bonds is 4. The molecule has 0 aliphatic heterocycles. The largest absolute Gasteiger partial charge is 0.494 e. The van der Waals surface area contributed by atoms with Crippen LogP contribution in [0.5, 0.6) is 5.75 Å². The summed E-state index contributed by atoms with van der Waals surface area (Å²) in [4.78, 5) is 0. The number of methoxy groups -OCH3 is 1. The molecule has 1 aromatic carbocycles. The zero-order valence-corrected chi connectivity index (χ0v) is 11.7. The molecule has 2 rings (SSSR count). The Morgan fingerprint density at radius 1 is 1.32 bits per heavy atom. The summed E-state index contributed by atoms with van der Waals surface area (Å²) in [5.74, 6) is 0.523. The number of benzene rings is 1. The van der Waals surface area contributed by atoms with E-state index in [1.807, 2.05) is 13.1 Å². The molecule has 0 spiro atoms. The average molecular weight is 266 g/mol. The van der Waals surface area contributed by atoms with Crippen LogP contribution in [0.3, 0.4) is 0 Å². The number of halogens is 1. The Balaban J connectivity index is 2.15. The predicted molar refractivity (Wildman–Crippen MR) is 74.7 cm³/mol. The molecule has 1 aromatic rings. The molecule has 0 aromatic heterocycles. The zero-order chi connectivity index (χ0) is 13.8. The van der Waals surface area contributed by atoms with Gasteiger partial charge in [-0.05, 0) is 56.3 Å². The lowest BCUT2D eigenvalue weighted by molar-refractivity contribution is 0.262. The molecular weight excluding hydrogens is 243 g/mol. The van der Waals surface area contributed by atoms with Gasteiger partial charge in [0.15, 0.2) is 11.6 Å². The molecule has 19 heavy (non-hydrogen) atoms. The minimum atomic E-state index is -0.298. The fraction of sp³-hybridized carbons (Fsp3) is 0.600. The maximum absolute atomic E-state index is 13.8. The lowest BCUT2D eigenvalue weighted by atomic mass is 9.79. The molecule has 1 atom stereocenters. The Morgan fingerprint density at radius 3 is 2.53 bits per heavy atom. The highest BCUT2D eigenvalue weighted by atomic mass is 19.1. The lowest BCUT2D eigenvalue weighted by Crippen LogP contribution is -2.33. The summed E-state index contributed by atoms with van der Waals surface area (Å²) in [6.45, 7) is 0. The van der Waals surface area contributed by atoms with Crippen LogP contribution >= 0.6 is 0 Å². The Labute approximate surface area is 114 Å². The predicted octanol–water partition coefficient (Wildman–Crippen LogP) is 2.61. The van der Waals surface area contributed by atoms with E-state index in [4.69, 9.17) is 10.5 Å². The van der Waals surface area contributed by atoms with Crippen LogP contribution in [0.15, 0.2) is 18.2 Å². The third-order valence-electron chi connectivity index (χ3n) is 4.13. The maximum atomic E-state index is 13.8. The quantitative estimate of drug-likeness (QED) is 0.880. The van der Waals surface area contributed by atoms with Gasteiger partial charge >= 0.3 is 0 Å². The summed E-state index contributed by atoms with van der Waals surface area (Å²) in [6.07, 6.45) is 4.31. The first-order valence-corrected chi connectivity index (χ1v) is 6.92. The maximum Gasteiger partial charge on any atom is 0.165 e. The van der Waals surface area contributed by atoms with Crippen molar-refractivity contribution in [2.45, 2.75) is 37.8 Å². The monoisotopic (exact) mass is 266 g/mol. The van der Waals surface area contributed by atoms with E-state index in [-0.39, 0.29) is 11.9 Å². The molecule has 0 radical (unpaired) electrons. The summed E-state index contributed by atoms with van der Waals surface area (Å²) in [5.41, 5.74) is 6.93. The van der Waals surface area contributed by atoms with Crippen molar-refractivity contribution in [3.05, 3.63) is 29.6 Å². The average Bonchev–Trinajstić information content (AvgIpc) is 2.42. The Hall–Kier alpha value is -1.13. The van der Waals surface area contributed by atoms with E-state index in [9.17, 15) is 4.39 Å². The second-order valence-electron chi connectivity index (χ2n) is 5.34. The smallest absolute Gasteiger partial charge is 0.165 e. The molecular formula is C15H23FN2O. The van der Waals surface area contributed by atoms with Crippen LogP contribution in [0.25, 0.3) is 0 Å². The van der Waals surface area contributed by atoms with E-state index >= 15 is 0 Å². The normalized spacial score (nSPS) is 25.1. The van der Waals surface area contributed by atoms with Gasteiger partial charge in [0.05, 0.1) is 7.11 Å². The van der Waals surface area contributed by atoms with E-state index in [0.717, 1.165) is 31.2 Å². The highest BCUT2D eigenvalue weighted by Gasteiger charge is 2.26. The highest BCUT2D eigenvalue weighted by Crippen LogP contribution is 2.35. The molecule has 3 nitrogen and oxygen atoms in total. The van der Waals surface area contributed by atoms with Crippen LogP contribution in [0.4, 0.5) is 4.39 Å². The molecule has 0 saturated heterocycles. The van der Waals surface area contributed by atoms with E-state index < -0.39 is 0 Å². The highest BCUT2D eigenvalue weighted by molar-refractivity contribution is 5.31. The Bertz CT molecular complexity index is 417. The zero-order valence-electron chi connectivity index (χ0n) is 11.7. The van der Waals surface area contributed by atoms with E-state index in [0.29, 0.717) is 17.7 Å². The van der Waals surface area contributed by atoms with Gasteiger partial charge in [-0.2, -0.15) is 0 Å². The summed E-state index contributed by atoms with van der Waals surface area (Å²) >= 11 is 0. The van der Waals surface area contributed by atoms with Crippen molar-refractivity contribution >= 4 is 0 Å². The summed E-state index contributed by atoms with van der Waals surface area (Å²) in [6, 6.07) is 5.74. The van der Waals surface area contributed by atoms with Crippen molar-refractivity contribution in [3.8, 4) is 5.75 Å². The van der Waals surface area contributed by atoms with Crippen LogP contribution in [-0.2, 0) is 0 Å². The van der Waals surface area contributed by atoms with E-state index in [2.05, 4.69) is 5.32 Å². The van der Waals surface area contributed by atoms with Crippen LogP contribution in [0, 0.1) is 11.7 Å². The molecule has 3 N–H and O–H groups in total. The van der Waals surface area contributed by atoms with E-state index in [1.54, 1.807) is 12.1 Å². The second-order valence-corrected chi connectivity index (χ2v) is 5.34. The third-order valence-corrected chi connectivity index (χ3v) is 4.13. The summed E-state index contributed by atoms with van der Waals surface area (Å²) in [5, 5.41) is 3.32. The van der Waals surface area contributed by atoms with Crippen molar-refractivity contribution in [2.75, 3.05) is 14.2 Å². The van der Waals surface area contributed by atoms with Crippen LogP contribution in [0.2, 0.25) is 0 Å². The van der Waals surface area contributed by atoms with Gasteiger partial charge < -0.3 is 15.8 Å². The summed E-state index contributed by atoms with van der Waals surface area (Å²) in [7, 11) is 3.41. The van der Waals surface area contributed by atoms with Crippen molar-refractivity contribution in [1.82, 2.24) is 5.32 Å².